The molecule has 2 rings (SSSR count). The fraction of sp³-hybridized carbons (Fsp3) is 0.188. The molecule has 0 aliphatic carbocycles. The Bertz CT molecular complexity index is 614. The first-order chi connectivity index (χ1) is 9.19. The van der Waals surface area contributed by atoms with Crippen molar-refractivity contribution in [3.05, 3.63) is 65.0 Å². The van der Waals surface area contributed by atoms with Gasteiger partial charge in [-0.2, -0.15) is 5.26 Å². The van der Waals surface area contributed by atoms with Gasteiger partial charge in [-0.15, -0.1) is 0 Å². The summed E-state index contributed by atoms with van der Waals surface area (Å²) in [6.45, 7) is 2.78. The largest absolute Gasteiger partial charge is 0.385 e. The molecule has 0 fully saturated rings. The van der Waals surface area contributed by atoms with Crippen molar-refractivity contribution in [3.63, 3.8) is 0 Å². The maximum atomic E-state index is 13.2. The fourth-order valence-corrected chi connectivity index (χ4v) is 1.99. The number of nitriles is 1. The summed E-state index contributed by atoms with van der Waals surface area (Å²) in [5.74, 6) is -0.391. The molecule has 0 saturated carbocycles. The van der Waals surface area contributed by atoms with E-state index in [0.717, 1.165) is 6.42 Å². The van der Waals surface area contributed by atoms with Gasteiger partial charge in [-0.1, -0.05) is 24.3 Å². The number of rotatable bonds is 4. The van der Waals surface area contributed by atoms with Crippen LogP contribution in [0.1, 0.15) is 16.7 Å². The first kappa shape index (κ1) is 13.1. The van der Waals surface area contributed by atoms with E-state index < -0.39 is 5.82 Å². The molecule has 0 aliphatic rings. The zero-order chi connectivity index (χ0) is 13.7. The van der Waals surface area contributed by atoms with Crippen LogP contribution < -0.4 is 5.32 Å². The Kier molecular flexibility index (Phi) is 4.15. The predicted octanol–water partition coefficient (Wildman–Crippen LogP) is 3.66. The van der Waals surface area contributed by atoms with E-state index in [2.05, 4.69) is 24.4 Å². The normalized spacial score (nSPS) is 9.95. The third-order valence-corrected chi connectivity index (χ3v) is 3.01. The number of hydrogen-bond acceptors (Lipinski definition) is 2. The Morgan fingerprint density at radius 1 is 1.21 bits per heavy atom. The lowest BCUT2D eigenvalue weighted by Gasteiger charge is -2.09. The van der Waals surface area contributed by atoms with Crippen molar-refractivity contribution in [2.45, 2.75) is 13.3 Å². The third kappa shape index (κ3) is 3.56. The highest BCUT2D eigenvalue weighted by Gasteiger charge is 2.01. The second kappa shape index (κ2) is 6.01. The van der Waals surface area contributed by atoms with Crippen molar-refractivity contribution in [2.75, 3.05) is 11.9 Å². The molecule has 0 atom stereocenters. The lowest BCUT2D eigenvalue weighted by molar-refractivity contribution is 0.627. The number of anilines is 1. The van der Waals surface area contributed by atoms with E-state index in [1.807, 2.05) is 18.2 Å². The van der Waals surface area contributed by atoms with E-state index in [1.165, 1.54) is 23.3 Å². The molecule has 1 N–H and O–H groups in total. The number of benzene rings is 2. The quantitative estimate of drug-likeness (QED) is 0.903. The topological polar surface area (TPSA) is 35.8 Å². The molecule has 2 aromatic rings. The molecule has 0 bridgehead atoms. The van der Waals surface area contributed by atoms with Crippen molar-refractivity contribution in [3.8, 4) is 6.07 Å². The lowest BCUT2D eigenvalue weighted by atomic mass is 10.1. The number of hydrogen-bond donors (Lipinski definition) is 1. The first-order valence-electron chi connectivity index (χ1n) is 6.18. The summed E-state index contributed by atoms with van der Waals surface area (Å²) < 4.78 is 13.2. The Morgan fingerprint density at radius 3 is 2.74 bits per heavy atom. The van der Waals surface area contributed by atoms with Gasteiger partial charge in [-0.3, -0.25) is 0 Å². The van der Waals surface area contributed by atoms with Crippen LogP contribution in [0.3, 0.4) is 0 Å². The van der Waals surface area contributed by atoms with E-state index in [-0.39, 0.29) is 0 Å². The van der Waals surface area contributed by atoms with Gasteiger partial charge in [0.25, 0.3) is 0 Å². The SMILES string of the molecule is Cc1ccccc1CCNc1cc(F)cc(C#N)c1. The summed E-state index contributed by atoms with van der Waals surface area (Å²) in [5.41, 5.74) is 3.50. The van der Waals surface area contributed by atoms with Gasteiger partial charge in [-0.05, 0) is 42.7 Å². The maximum Gasteiger partial charge on any atom is 0.126 e. The third-order valence-electron chi connectivity index (χ3n) is 3.01. The van der Waals surface area contributed by atoms with E-state index in [0.29, 0.717) is 17.8 Å². The summed E-state index contributed by atoms with van der Waals surface area (Å²) >= 11 is 0. The van der Waals surface area contributed by atoms with Crippen LogP contribution in [-0.4, -0.2) is 6.54 Å². The predicted molar refractivity (Wildman–Crippen MR) is 74.5 cm³/mol. The minimum atomic E-state index is -0.391. The molecule has 19 heavy (non-hydrogen) atoms. The molecule has 96 valence electrons. The molecule has 2 nitrogen and oxygen atoms in total. The van der Waals surface area contributed by atoms with E-state index in [1.54, 1.807) is 6.07 Å². The van der Waals surface area contributed by atoms with Crippen LogP contribution >= 0.6 is 0 Å². The minimum absolute atomic E-state index is 0.332. The summed E-state index contributed by atoms with van der Waals surface area (Å²) in [6, 6.07) is 14.4. The van der Waals surface area contributed by atoms with Crippen LogP contribution in [-0.2, 0) is 6.42 Å². The van der Waals surface area contributed by atoms with Crippen molar-refractivity contribution >= 4 is 5.69 Å². The summed E-state index contributed by atoms with van der Waals surface area (Å²) in [7, 11) is 0. The van der Waals surface area contributed by atoms with Crippen molar-refractivity contribution < 1.29 is 4.39 Å². The maximum absolute atomic E-state index is 13.2. The molecule has 0 radical (unpaired) electrons. The monoisotopic (exact) mass is 254 g/mol. The number of nitrogens with one attached hydrogen (secondary N) is 1. The highest BCUT2D eigenvalue weighted by Crippen LogP contribution is 2.14. The number of nitrogens with zero attached hydrogens (tertiary/aromatic N) is 1. The lowest BCUT2D eigenvalue weighted by Crippen LogP contribution is -2.06. The molecular formula is C16H15FN2. The Morgan fingerprint density at radius 2 is 2.00 bits per heavy atom. The van der Waals surface area contributed by atoms with Crippen LogP contribution in [0, 0.1) is 24.1 Å². The van der Waals surface area contributed by atoms with Gasteiger partial charge in [-0.25, -0.2) is 4.39 Å². The molecule has 0 aliphatic heterocycles. The van der Waals surface area contributed by atoms with E-state index in [4.69, 9.17) is 5.26 Å². The average Bonchev–Trinajstić information content (AvgIpc) is 2.40. The standard InChI is InChI=1S/C16H15FN2/c1-12-4-2-3-5-14(12)6-7-19-16-9-13(11-18)8-15(17)10-16/h2-5,8-10,19H,6-7H2,1H3. The molecule has 0 spiro atoms. The highest BCUT2D eigenvalue weighted by atomic mass is 19.1. The number of aryl methyl sites for hydroxylation is 1. The molecule has 3 heteroatoms. The van der Waals surface area contributed by atoms with Crippen molar-refractivity contribution in [1.82, 2.24) is 0 Å². The zero-order valence-electron chi connectivity index (χ0n) is 10.8. The van der Waals surface area contributed by atoms with Crippen LogP contribution in [0.25, 0.3) is 0 Å². The average molecular weight is 254 g/mol. The van der Waals surface area contributed by atoms with Crippen molar-refractivity contribution in [1.29, 1.82) is 5.26 Å². The molecule has 0 saturated heterocycles. The smallest absolute Gasteiger partial charge is 0.126 e. The van der Waals surface area contributed by atoms with Gasteiger partial charge in [0.1, 0.15) is 5.82 Å². The van der Waals surface area contributed by atoms with Crippen LogP contribution in [0.4, 0.5) is 10.1 Å². The van der Waals surface area contributed by atoms with Crippen molar-refractivity contribution in [2.24, 2.45) is 0 Å². The molecule has 0 amide bonds. The number of halogens is 1. The molecule has 0 aromatic heterocycles. The highest BCUT2D eigenvalue weighted by molar-refractivity contribution is 5.49. The second-order valence-corrected chi connectivity index (χ2v) is 4.44. The Labute approximate surface area is 112 Å². The summed E-state index contributed by atoms with van der Waals surface area (Å²) in [6.07, 6.45) is 0.866. The summed E-state index contributed by atoms with van der Waals surface area (Å²) in [4.78, 5) is 0. The minimum Gasteiger partial charge on any atom is -0.385 e. The molecular weight excluding hydrogens is 239 g/mol. The summed E-state index contributed by atoms with van der Waals surface area (Å²) in [5, 5.41) is 11.9. The van der Waals surface area contributed by atoms with Crippen LogP contribution in [0.15, 0.2) is 42.5 Å². The van der Waals surface area contributed by atoms with E-state index in [9.17, 15) is 4.39 Å². The van der Waals surface area contributed by atoms with Gasteiger partial charge < -0.3 is 5.32 Å². The molecule has 0 unspecified atom stereocenters. The molecule has 2 aromatic carbocycles. The Balaban J connectivity index is 1.98. The van der Waals surface area contributed by atoms with Gasteiger partial charge >= 0.3 is 0 Å². The first-order valence-corrected chi connectivity index (χ1v) is 6.18. The van der Waals surface area contributed by atoms with E-state index >= 15 is 0 Å². The van der Waals surface area contributed by atoms with Crippen LogP contribution in [0.5, 0.6) is 0 Å². The van der Waals surface area contributed by atoms with Crippen LogP contribution in [0.2, 0.25) is 0 Å². The Hall–Kier alpha value is -2.34. The van der Waals surface area contributed by atoms with Gasteiger partial charge in [0.15, 0.2) is 0 Å². The second-order valence-electron chi connectivity index (χ2n) is 4.44. The van der Waals surface area contributed by atoms with Gasteiger partial charge in [0.2, 0.25) is 0 Å². The van der Waals surface area contributed by atoms with Gasteiger partial charge in [0.05, 0.1) is 11.6 Å². The molecule has 0 heterocycles. The fourth-order valence-electron chi connectivity index (χ4n) is 1.99. The van der Waals surface area contributed by atoms with Gasteiger partial charge in [0, 0.05) is 12.2 Å². The zero-order valence-corrected chi connectivity index (χ0v) is 10.8.